The van der Waals surface area contributed by atoms with Gasteiger partial charge in [-0.1, -0.05) is 79.0 Å². The molecule has 0 saturated carbocycles. The van der Waals surface area contributed by atoms with Crippen molar-refractivity contribution in [2.24, 2.45) is 5.92 Å². The summed E-state index contributed by atoms with van der Waals surface area (Å²) in [6, 6.07) is 11.3. The van der Waals surface area contributed by atoms with E-state index in [-0.39, 0.29) is 5.92 Å². The fraction of sp³-hybridized carbons (Fsp3) is 0.367. The Kier molecular flexibility index (Phi) is 11.8. The Morgan fingerprint density at radius 1 is 1.08 bits per heavy atom. The Balaban J connectivity index is 1.67. The summed E-state index contributed by atoms with van der Waals surface area (Å²) in [5.41, 5.74) is 3.97. The maximum Gasteiger partial charge on any atom is 0.153 e. The Hall–Kier alpha value is -2.08. The highest BCUT2D eigenvalue weighted by molar-refractivity contribution is 6.30. The highest BCUT2D eigenvalue weighted by Crippen LogP contribution is 2.32. The largest absolute Gasteiger partial charge is 0.369 e. The number of rotatable bonds is 12. The molecule has 2 unspecified atom stereocenters. The number of benzene rings is 1. The second-order valence-corrected chi connectivity index (χ2v) is 10.6. The van der Waals surface area contributed by atoms with E-state index in [4.69, 9.17) is 34.8 Å². The van der Waals surface area contributed by atoms with Gasteiger partial charge in [0.05, 0.1) is 0 Å². The molecule has 2 atom stereocenters. The van der Waals surface area contributed by atoms with Crippen LogP contribution in [0.5, 0.6) is 0 Å². The van der Waals surface area contributed by atoms with Crippen LogP contribution in [0.25, 0.3) is 6.08 Å². The molecule has 0 bridgehead atoms. The first kappa shape index (κ1) is 29.5. The minimum absolute atomic E-state index is 0.111. The second kappa shape index (κ2) is 14.8. The van der Waals surface area contributed by atoms with Gasteiger partial charge in [-0.2, -0.15) is 0 Å². The predicted molar refractivity (Wildman–Crippen MR) is 158 cm³/mol. The van der Waals surface area contributed by atoms with Gasteiger partial charge in [0, 0.05) is 47.0 Å². The minimum Gasteiger partial charge on any atom is -0.369 e. The Morgan fingerprint density at radius 3 is 2.54 bits per heavy atom. The molecular formula is C30H36Cl3N3O. The molecule has 2 aromatic rings. The van der Waals surface area contributed by atoms with Crippen LogP contribution in [0.4, 0.5) is 0 Å². The van der Waals surface area contributed by atoms with Gasteiger partial charge in [-0.25, -0.2) is 4.98 Å². The zero-order valence-corrected chi connectivity index (χ0v) is 24.0. The molecule has 1 N–H and O–H groups in total. The number of nitrogens with zero attached hydrogens (tertiary/aromatic N) is 3. The number of allylic oxidation sites excluding steroid dienone is 5. The molecule has 7 heteroatoms. The number of hydrogen-bond donors (Lipinski definition) is 1. The van der Waals surface area contributed by atoms with E-state index in [1.807, 2.05) is 48.4 Å². The molecule has 198 valence electrons. The first-order valence-electron chi connectivity index (χ1n) is 12.7. The van der Waals surface area contributed by atoms with Crippen molar-refractivity contribution in [2.75, 3.05) is 26.7 Å². The van der Waals surface area contributed by atoms with Crippen LogP contribution in [-0.4, -0.2) is 46.6 Å². The average molecular weight is 561 g/mol. The fourth-order valence-corrected chi connectivity index (χ4v) is 4.82. The highest BCUT2D eigenvalue weighted by atomic mass is 35.5. The van der Waals surface area contributed by atoms with E-state index in [1.54, 1.807) is 18.3 Å². The SMILES string of the molecule is CCCN(CC=Cc1ccc(Cl)cc1)CCCC1=CC(C)C(Cl)=CC=C1N(C)C(O)c1ccnc(Cl)c1. The lowest BCUT2D eigenvalue weighted by Gasteiger charge is -2.30. The first-order valence-corrected chi connectivity index (χ1v) is 13.9. The predicted octanol–water partition coefficient (Wildman–Crippen LogP) is 8.10. The fourth-order valence-electron chi connectivity index (χ4n) is 4.39. The molecule has 0 saturated heterocycles. The Morgan fingerprint density at radius 2 is 1.84 bits per heavy atom. The van der Waals surface area contributed by atoms with Gasteiger partial charge >= 0.3 is 0 Å². The van der Waals surface area contributed by atoms with E-state index in [1.165, 1.54) is 5.57 Å². The van der Waals surface area contributed by atoms with E-state index < -0.39 is 6.23 Å². The van der Waals surface area contributed by atoms with E-state index >= 15 is 0 Å². The van der Waals surface area contributed by atoms with Gasteiger partial charge in [0.15, 0.2) is 6.23 Å². The van der Waals surface area contributed by atoms with E-state index in [2.05, 4.69) is 42.0 Å². The Bertz CT molecular complexity index is 1140. The van der Waals surface area contributed by atoms with Gasteiger partial charge in [0.2, 0.25) is 0 Å². The topological polar surface area (TPSA) is 39.6 Å². The normalized spacial score (nSPS) is 16.9. The summed E-state index contributed by atoms with van der Waals surface area (Å²) in [4.78, 5) is 8.37. The third-order valence-electron chi connectivity index (χ3n) is 6.42. The lowest BCUT2D eigenvalue weighted by Crippen LogP contribution is -2.27. The summed E-state index contributed by atoms with van der Waals surface area (Å²) in [6.07, 6.45) is 14.2. The molecule has 0 amide bonds. The number of hydrogen-bond acceptors (Lipinski definition) is 4. The molecule has 37 heavy (non-hydrogen) atoms. The van der Waals surface area contributed by atoms with Gasteiger partial charge in [0.1, 0.15) is 5.15 Å². The summed E-state index contributed by atoms with van der Waals surface area (Å²) >= 11 is 18.6. The van der Waals surface area contributed by atoms with Crippen LogP contribution in [0.15, 0.2) is 83.2 Å². The summed E-state index contributed by atoms with van der Waals surface area (Å²) in [5.74, 6) is 0.111. The standard InChI is InChI=1S/C30H36Cl3N3O/c1-4-17-36(18-5-7-23-9-11-26(31)12-10-23)19-6-8-24-20-22(2)27(32)13-14-28(24)35(3)30(37)25-15-16-34-29(33)21-25/h5,7,9-16,20-22,30,37H,4,6,8,17-19H2,1-3H3. The van der Waals surface area contributed by atoms with Crippen LogP contribution in [-0.2, 0) is 0 Å². The van der Waals surface area contributed by atoms with Crippen LogP contribution in [0.2, 0.25) is 10.2 Å². The van der Waals surface area contributed by atoms with Gasteiger partial charge in [-0.3, -0.25) is 4.90 Å². The number of pyridine rings is 1. The van der Waals surface area contributed by atoms with Gasteiger partial charge in [0.25, 0.3) is 0 Å². The number of aliphatic hydroxyl groups excluding tert-OH is 1. The van der Waals surface area contributed by atoms with E-state index in [9.17, 15) is 5.11 Å². The van der Waals surface area contributed by atoms with E-state index in [0.29, 0.717) is 10.7 Å². The summed E-state index contributed by atoms with van der Waals surface area (Å²) in [5, 5.41) is 13.0. The maximum atomic E-state index is 11.1. The molecule has 1 aliphatic carbocycles. The second-order valence-electron chi connectivity index (χ2n) is 9.34. The monoisotopic (exact) mass is 559 g/mol. The van der Waals surface area contributed by atoms with Crippen molar-refractivity contribution in [1.29, 1.82) is 0 Å². The summed E-state index contributed by atoms with van der Waals surface area (Å²) < 4.78 is 0. The van der Waals surface area contributed by atoms with Crippen LogP contribution in [0.1, 0.15) is 50.5 Å². The molecule has 0 aliphatic heterocycles. The first-order chi connectivity index (χ1) is 17.8. The lowest BCUT2D eigenvalue weighted by atomic mass is 10.0. The molecule has 1 heterocycles. The number of aliphatic hydroxyl groups is 1. The van der Waals surface area contributed by atoms with Crippen molar-refractivity contribution in [3.05, 3.63) is 105 Å². The lowest BCUT2D eigenvalue weighted by molar-refractivity contribution is 0.0463. The molecule has 3 rings (SSSR count). The molecule has 0 radical (unpaired) electrons. The zero-order valence-electron chi connectivity index (χ0n) is 21.7. The average Bonchev–Trinajstić information content (AvgIpc) is 3.02. The molecule has 1 aromatic carbocycles. The van der Waals surface area contributed by atoms with Crippen molar-refractivity contribution in [3.63, 3.8) is 0 Å². The molecule has 0 fully saturated rings. The van der Waals surface area contributed by atoms with Crippen molar-refractivity contribution in [1.82, 2.24) is 14.8 Å². The summed E-state index contributed by atoms with van der Waals surface area (Å²) in [6.45, 7) is 7.22. The van der Waals surface area contributed by atoms with Gasteiger partial charge < -0.3 is 10.0 Å². The van der Waals surface area contributed by atoms with Crippen molar-refractivity contribution in [2.45, 2.75) is 39.3 Å². The van der Waals surface area contributed by atoms with Crippen LogP contribution < -0.4 is 0 Å². The molecular weight excluding hydrogens is 525 g/mol. The maximum absolute atomic E-state index is 11.1. The minimum atomic E-state index is -0.856. The number of halogens is 3. The molecule has 4 nitrogen and oxygen atoms in total. The molecule has 1 aromatic heterocycles. The highest BCUT2D eigenvalue weighted by Gasteiger charge is 2.22. The number of aromatic nitrogens is 1. The zero-order chi connectivity index (χ0) is 26.8. The number of likely N-dealkylation sites (N-methyl/N-ethyl adjacent to an activating group) is 1. The van der Waals surface area contributed by atoms with E-state index in [0.717, 1.165) is 60.2 Å². The van der Waals surface area contributed by atoms with Gasteiger partial charge in [-0.15, -0.1) is 0 Å². The Labute approximate surface area is 236 Å². The van der Waals surface area contributed by atoms with Crippen molar-refractivity contribution < 1.29 is 5.11 Å². The van der Waals surface area contributed by atoms with Crippen molar-refractivity contribution >= 4 is 40.9 Å². The third kappa shape index (κ3) is 9.01. The van der Waals surface area contributed by atoms with Crippen LogP contribution >= 0.6 is 34.8 Å². The van der Waals surface area contributed by atoms with Crippen LogP contribution in [0.3, 0.4) is 0 Å². The third-order valence-corrected chi connectivity index (χ3v) is 7.34. The smallest absolute Gasteiger partial charge is 0.153 e. The van der Waals surface area contributed by atoms with Crippen LogP contribution in [0, 0.1) is 5.92 Å². The molecule has 0 spiro atoms. The van der Waals surface area contributed by atoms with Crippen molar-refractivity contribution in [3.8, 4) is 0 Å². The molecule has 1 aliphatic rings. The quantitative estimate of drug-likeness (QED) is 0.210. The van der Waals surface area contributed by atoms with Gasteiger partial charge in [-0.05, 0) is 79.9 Å². The summed E-state index contributed by atoms with van der Waals surface area (Å²) in [7, 11) is 1.89.